The standard InChI is InChI=1S/C17H17IO4S/c1-12(19-8-9-20-15-5-3-2-4-14(15)18)22-13-6-7-17-16(10-13)21-11-23-17/h2-7,10,12H,8-9,11H2,1H3. The molecule has 1 atom stereocenters. The minimum atomic E-state index is -0.347. The van der Waals surface area contributed by atoms with Gasteiger partial charge in [-0.3, -0.25) is 0 Å². The van der Waals surface area contributed by atoms with E-state index in [0.29, 0.717) is 19.2 Å². The first-order chi connectivity index (χ1) is 11.2. The number of halogens is 1. The van der Waals surface area contributed by atoms with E-state index in [1.807, 2.05) is 49.4 Å². The van der Waals surface area contributed by atoms with Crippen molar-refractivity contribution in [2.45, 2.75) is 18.1 Å². The van der Waals surface area contributed by atoms with E-state index in [0.717, 1.165) is 25.7 Å². The smallest absolute Gasteiger partial charge is 0.197 e. The summed E-state index contributed by atoms with van der Waals surface area (Å²) in [5.41, 5.74) is 0. The average molecular weight is 444 g/mol. The highest BCUT2D eigenvalue weighted by molar-refractivity contribution is 14.1. The molecule has 4 nitrogen and oxygen atoms in total. The maximum Gasteiger partial charge on any atom is 0.197 e. The first kappa shape index (κ1) is 16.7. The summed E-state index contributed by atoms with van der Waals surface area (Å²) in [7, 11) is 0. The lowest BCUT2D eigenvalue weighted by Crippen LogP contribution is -2.20. The average Bonchev–Trinajstić information content (AvgIpc) is 3.01. The zero-order valence-electron chi connectivity index (χ0n) is 12.7. The molecule has 1 aliphatic heterocycles. The maximum absolute atomic E-state index is 5.75. The van der Waals surface area contributed by atoms with Crippen molar-refractivity contribution in [2.24, 2.45) is 0 Å². The molecule has 0 aromatic heterocycles. The molecule has 0 aliphatic carbocycles. The van der Waals surface area contributed by atoms with Gasteiger partial charge in [0.05, 0.1) is 15.1 Å². The quantitative estimate of drug-likeness (QED) is 0.356. The Morgan fingerprint density at radius 1 is 1.22 bits per heavy atom. The number of para-hydroxylation sites is 1. The summed E-state index contributed by atoms with van der Waals surface area (Å²) < 4.78 is 23.7. The fourth-order valence-electron chi connectivity index (χ4n) is 2.10. The van der Waals surface area contributed by atoms with Crippen LogP contribution >= 0.6 is 34.4 Å². The van der Waals surface area contributed by atoms with Gasteiger partial charge >= 0.3 is 0 Å². The molecule has 0 spiro atoms. The molecule has 0 bridgehead atoms. The minimum absolute atomic E-state index is 0.347. The second kappa shape index (κ2) is 8.12. The van der Waals surface area contributed by atoms with Gasteiger partial charge in [-0.1, -0.05) is 23.9 Å². The van der Waals surface area contributed by atoms with Gasteiger partial charge in [0.1, 0.15) is 29.8 Å². The molecule has 2 aromatic rings. The van der Waals surface area contributed by atoms with Gasteiger partial charge < -0.3 is 18.9 Å². The summed E-state index contributed by atoms with van der Waals surface area (Å²) in [6.45, 7) is 2.82. The van der Waals surface area contributed by atoms with Crippen molar-refractivity contribution in [3.8, 4) is 17.2 Å². The van der Waals surface area contributed by atoms with Crippen LogP contribution in [0.3, 0.4) is 0 Å². The molecule has 0 saturated heterocycles. The summed E-state index contributed by atoms with van der Waals surface area (Å²) in [5.74, 6) is 3.16. The molecular formula is C17H17IO4S. The Morgan fingerprint density at radius 3 is 2.96 bits per heavy atom. The van der Waals surface area contributed by atoms with Crippen molar-refractivity contribution in [2.75, 3.05) is 19.2 Å². The van der Waals surface area contributed by atoms with Gasteiger partial charge in [-0.15, -0.1) is 0 Å². The molecule has 6 heteroatoms. The van der Waals surface area contributed by atoms with E-state index in [4.69, 9.17) is 18.9 Å². The fourth-order valence-corrected chi connectivity index (χ4v) is 3.38. The number of fused-ring (bicyclic) bond motifs is 1. The first-order valence-electron chi connectivity index (χ1n) is 7.27. The number of hydrogen-bond acceptors (Lipinski definition) is 5. The molecule has 1 aliphatic rings. The second-order valence-electron chi connectivity index (χ2n) is 4.85. The van der Waals surface area contributed by atoms with E-state index in [2.05, 4.69) is 22.6 Å². The summed E-state index contributed by atoms with van der Waals surface area (Å²) in [4.78, 5) is 1.15. The maximum atomic E-state index is 5.75. The highest BCUT2D eigenvalue weighted by Gasteiger charge is 2.14. The molecule has 23 heavy (non-hydrogen) atoms. The third-order valence-corrected chi connectivity index (χ3v) is 4.95. The van der Waals surface area contributed by atoms with Crippen LogP contribution in [0, 0.1) is 3.57 Å². The Labute approximate surface area is 153 Å². The molecule has 3 rings (SSSR count). The van der Waals surface area contributed by atoms with Crippen LogP contribution in [0.25, 0.3) is 0 Å². The molecule has 1 unspecified atom stereocenters. The molecule has 0 amide bonds. The van der Waals surface area contributed by atoms with Gasteiger partial charge in [-0.05, 0) is 53.8 Å². The van der Waals surface area contributed by atoms with Gasteiger partial charge in [-0.25, -0.2) is 0 Å². The molecule has 0 saturated carbocycles. The van der Waals surface area contributed by atoms with E-state index in [1.165, 1.54) is 0 Å². The van der Waals surface area contributed by atoms with Crippen LogP contribution in [0.5, 0.6) is 17.2 Å². The zero-order chi connectivity index (χ0) is 16.1. The van der Waals surface area contributed by atoms with Gasteiger partial charge in [0.25, 0.3) is 0 Å². The highest BCUT2D eigenvalue weighted by atomic mass is 127. The molecule has 1 heterocycles. The fraction of sp³-hybridized carbons (Fsp3) is 0.294. The van der Waals surface area contributed by atoms with Crippen molar-refractivity contribution < 1.29 is 18.9 Å². The Balaban J connectivity index is 1.41. The summed E-state index contributed by atoms with van der Waals surface area (Å²) in [5, 5.41) is 0. The van der Waals surface area contributed by atoms with Crippen molar-refractivity contribution in [3.05, 3.63) is 46.0 Å². The third-order valence-electron chi connectivity index (χ3n) is 3.18. The number of hydrogen-bond donors (Lipinski definition) is 0. The Kier molecular flexibility index (Phi) is 5.91. The van der Waals surface area contributed by atoms with E-state index in [9.17, 15) is 0 Å². The largest absolute Gasteiger partial charge is 0.490 e. The van der Waals surface area contributed by atoms with Crippen molar-refractivity contribution in [1.82, 2.24) is 0 Å². The van der Waals surface area contributed by atoms with Crippen LogP contribution in [0.2, 0.25) is 0 Å². The lowest BCUT2D eigenvalue weighted by Gasteiger charge is -2.16. The lowest BCUT2D eigenvalue weighted by atomic mass is 10.3. The van der Waals surface area contributed by atoms with Crippen LogP contribution in [0.4, 0.5) is 0 Å². The van der Waals surface area contributed by atoms with Crippen molar-refractivity contribution >= 4 is 34.4 Å². The predicted molar refractivity (Wildman–Crippen MR) is 98.5 cm³/mol. The summed E-state index contributed by atoms with van der Waals surface area (Å²) in [6, 6.07) is 13.7. The number of ether oxygens (including phenoxy) is 4. The van der Waals surface area contributed by atoms with Crippen LogP contribution in [-0.4, -0.2) is 25.4 Å². The normalized spacial score (nSPS) is 14.0. The van der Waals surface area contributed by atoms with Crippen LogP contribution in [0.15, 0.2) is 47.4 Å². The van der Waals surface area contributed by atoms with Crippen LogP contribution < -0.4 is 14.2 Å². The number of benzene rings is 2. The minimum Gasteiger partial charge on any atom is -0.490 e. The van der Waals surface area contributed by atoms with Gasteiger partial charge in [0.15, 0.2) is 6.29 Å². The van der Waals surface area contributed by atoms with E-state index in [1.54, 1.807) is 11.8 Å². The van der Waals surface area contributed by atoms with Crippen molar-refractivity contribution in [1.29, 1.82) is 0 Å². The Bertz CT molecular complexity index is 665. The molecule has 2 aromatic carbocycles. The van der Waals surface area contributed by atoms with E-state index in [-0.39, 0.29) is 6.29 Å². The molecule has 0 fully saturated rings. The number of rotatable bonds is 7. The van der Waals surface area contributed by atoms with Gasteiger partial charge in [-0.2, -0.15) is 0 Å². The van der Waals surface area contributed by atoms with Gasteiger partial charge in [0, 0.05) is 6.07 Å². The zero-order valence-corrected chi connectivity index (χ0v) is 15.6. The molecule has 0 N–H and O–H groups in total. The number of thioether (sulfide) groups is 1. The molecular weight excluding hydrogens is 427 g/mol. The highest BCUT2D eigenvalue weighted by Crippen LogP contribution is 2.38. The SMILES string of the molecule is CC(OCCOc1ccccc1I)Oc1ccc2c(c1)OCS2. The Morgan fingerprint density at radius 2 is 2.09 bits per heavy atom. The summed E-state index contributed by atoms with van der Waals surface area (Å²) in [6.07, 6.45) is -0.347. The predicted octanol–water partition coefficient (Wildman–Crippen LogP) is 4.55. The molecule has 122 valence electrons. The first-order valence-corrected chi connectivity index (χ1v) is 9.34. The monoisotopic (exact) mass is 444 g/mol. The van der Waals surface area contributed by atoms with E-state index >= 15 is 0 Å². The summed E-state index contributed by atoms with van der Waals surface area (Å²) >= 11 is 3.94. The lowest BCUT2D eigenvalue weighted by molar-refractivity contribution is -0.0740. The topological polar surface area (TPSA) is 36.9 Å². The third kappa shape index (κ3) is 4.68. The molecule has 0 radical (unpaired) electrons. The van der Waals surface area contributed by atoms with E-state index < -0.39 is 0 Å². The second-order valence-corrected chi connectivity index (χ2v) is 6.98. The van der Waals surface area contributed by atoms with Crippen LogP contribution in [-0.2, 0) is 4.74 Å². The van der Waals surface area contributed by atoms with Crippen LogP contribution in [0.1, 0.15) is 6.92 Å². The van der Waals surface area contributed by atoms with Gasteiger partial charge in [0.2, 0.25) is 0 Å². The van der Waals surface area contributed by atoms with Crippen molar-refractivity contribution in [3.63, 3.8) is 0 Å². The Hall–Kier alpha value is -1.12.